The number of nitrogens with one attached hydrogen (secondary N) is 1. The second kappa shape index (κ2) is 9.19. The Balaban J connectivity index is 1.53. The Morgan fingerprint density at radius 1 is 1.10 bits per heavy atom. The van der Waals surface area contributed by atoms with E-state index < -0.39 is 0 Å². The second-order valence-corrected chi connectivity index (χ2v) is 7.51. The largest absolute Gasteiger partial charge is 0.488 e. The quantitative estimate of drug-likeness (QED) is 0.350. The number of benzene rings is 3. The highest BCUT2D eigenvalue weighted by Crippen LogP contribution is 2.27. The first-order chi connectivity index (χ1) is 14.7. The number of hydrogen-bond acceptors (Lipinski definition) is 6. The van der Waals surface area contributed by atoms with Gasteiger partial charge in [-0.05, 0) is 22.4 Å². The topological polar surface area (TPSA) is 89.6 Å². The summed E-state index contributed by atoms with van der Waals surface area (Å²) in [4.78, 5) is 16.2. The number of hydrazone groups is 1. The fraction of sp³-hybridized carbons (Fsp3) is 0.0870. The molecule has 1 amide bonds. The van der Waals surface area contributed by atoms with E-state index in [1.54, 1.807) is 11.6 Å². The number of aromatic nitrogens is 1. The smallest absolute Gasteiger partial charge is 0.246 e. The van der Waals surface area contributed by atoms with Crippen molar-refractivity contribution in [3.05, 3.63) is 88.9 Å². The third-order valence-electron chi connectivity index (χ3n) is 4.46. The third kappa shape index (κ3) is 4.82. The molecule has 30 heavy (non-hydrogen) atoms. The number of amides is 1. The number of nitrogens with two attached hydrogens (primary N) is 1. The molecule has 0 unspecified atom stereocenters. The first-order valence-corrected chi connectivity index (χ1v) is 10.3. The average molecular weight is 417 g/mol. The molecular weight excluding hydrogens is 396 g/mol. The molecule has 150 valence electrons. The highest BCUT2D eigenvalue weighted by Gasteiger charge is 2.09. The van der Waals surface area contributed by atoms with Gasteiger partial charge in [-0.15, -0.1) is 11.3 Å². The maximum Gasteiger partial charge on any atom is 0.246 e. The van der Waals surface area contributed by atoms with Gasteiger partial charge in [0.25, 0.3) is 0 Å². The number of thiazole rings is 1. The van der Waals surface area contributed by atoms with Crippen LogP contribution in [0.2, 0.25) is 0 Å². The Hall–Kier alpha value is -3.71. The first kappa shape index (κ1) is 19.6. The van der Waals surface area contributed by atoms with Crippen LogP contribution in [0.1, 0.15) is 16.8 Å². The van der Waals surface area contributed by atoms with E-state index in [1.165, 1.54) is 11.3 Å². The number of rotatable bonds is 7. The van der Waals surface area contributed by atoms with E-state index in [1.807, 2.05) is 66.7 Å². The number of nitrogen functional groups attached to an aromatic ring is 1. The van der Waals surface area contributed by atoms with Gasteiger partial charge in [-0.25, -0.2) is 10.4 Å². The molecule has 0 saturated heterocycles. The van der Waals surface area contributed by atoms with Crippen LogP contribution in [-0.2, 0) is 17.8 Å². The summed E-state index contributed by atoms with van der Waals surface area (Å²) in [6.07, 6.45) is 1.74. The van der Waals surface area contributed by atoms with Crippen LogP contribution < -0.4 is 15.9 Å². The van der Waals surface area contributed by atoms with Crippen LogP contribution in [-0.4, -0.2) is 17.1 Å². The molecule has 4 rings (SSSR count). The van der Waals surface area contributed by atoms with E-state index >= 15 is 0 Å². The lowest BCUT2D eigenvalue weighted by Gasteiger charge is -2.12. The minimum absolute atomic E-state index is 0.123. The molecule has 1 heterocycles. The van der Waals surface area contributed by atoms with Crippen molar-refractivity contribution in [2.24, 2.45) is 5.10 Å². The number of carbonyl (C=O) groups excluding carboxylic acids is 1. The Labute approximate surface area is 178 Å². The SMILES string of the molecule is Nc1nc(CC(=O)N/N=C/c2c(OCc3ccccc3)ccc3ccccc23)cs1. The Kier molecular flexibility index (Phi) is 6.01. The molecular formula is C23H20N4O2S. The van der Waals surface area contributed by atoms with Gasteiger partial charge in [0, 0.05) is 10.9 Å². The molecule has 4 aromatic rings. The van der Waals surface area contributed by atoms with Crippen LogP contribution in [0.4, 0.5) is 5.13 Å². The zero-order valence-electron chi connectivity index (χ0n) is 16.1. The highest BCUT2D eigenvalue weighted by atomic mass is 32.1. The number of ether oxygens (including phenoxy) is 1. The molecule has 6 nitrogen and oxygen atoms in total. The van der Waals surface area contributed by atoms with Crippen LogP contribution in [0.25, 0.3) is 10.8 Å². The second-order valence-electron chi connectivity index (χ2n) is 6.62. The fourth-order valence-electron chi connectivity index (χ4n) is 3.05. The van der Waals surface area contributed by atoms with Gasteiger partial charge in [0.15, 0.2) is 5.13 Å². The summed E-state index contributed by atoms with van der Waals surface area (Å²) in [5, 5.41) is 8.41. The van der Waals surface area contributed by atoms with E-state index in [0.717, 1.165) is 21.9 Å². The number of nitrogens with zero attached hydrogens (tertiary/aromatic N) is 2. The van der Waals surface area contributed by atoms with Gasteiger partial charge in [-0.2, -0.15) is 5.10 Å². The van der Waals surface area contributed by atoms with Gasteiger partial charge in [0.2, 0.25) is 5.91 Å². The van der Waals surface area contributed by atoms with Crippen LogP contribution in [0.3, 0.4) is 0 Å². The molecule has 0 fully saturated rings. The zero-order chi connectivity index (χ0) is 20.8. The minimum atomic E-state index is -0.261. The number of anilines is 1. The Morgan fingerprint density at radius 2 is 1.90 bits per heavy atom. The summed E-state index contributed by atoms with van der Waals surface area (Å²) in [5.74, 6) is 0.436. The van der Waals surface area contributed by atoms with Crippen molar-refractivity contribution < 1.29 is 9.53 Å². The van der Waals surface area contributed by atoms with Crippen molar-refractivity contribution in [3.8, 4) is 5.75 Å². The van der Waals surface area contributed by atoms with E-state index in [-0.39, 0.29) is 12.3 Å². The molecule has 0 spiro atoms. The summed E-state index contributed by atoms with van der Waals surface area (Å²) in [6.45, 7) is 0.442. The third-order valence-corrected chi connectivity index (χ3v) is 5.18. The van der Waals surface area contributed by atoms with Crippen molar-refractivity contribution in [1.29, 1.82) is 0 Å². The van der Waals surface area contributed by atoms with Crippen LogP contribution in [0.5, 0.6) is 5.75 Å². The summed E-state index contributed by atoms with van der Waals surface area (Å²) < 4.78 is 6.06. The van der Waals surface area contributed by atoms with E-state index in [2.05, 4.69) is 15.5 Å². The maximum atomic E-state index is 12.1. The predicted octanol–water partition coefficient (Wildman–Crippen LogP) is 4.15. The average Bonchev–Trinajstić information content (AvgIpc) is 3.18. The Bertz CT molecular complexity index is 1190. The highest BCUT2D eigenvalue weighted by molar-refractivity contribution is 7.13. The molecule has 3 aromatic carbocycles. The molecule has 0 radical (unpaired) electrons. The van der Waals surface area contributed by atoms with E-state index in [4.69, 9.17) is 10.5 Å². The number of fused-ring (bicyclic) bond motifs is 1. The molecule has 0 aliphatic heterocycles. The molecule has 7 heteroatoms. The van der Waals surface area contributed by atoms with Gasteiger partial charge < -0.3 is 10.5 Å². The standard InChI is InChI=1S/C23H20N4O2S/c24-23-26-18(15-30-23)12-22(28)27-25-13-20-19-9-5-4-8-17(19)10-11-21(20)29-14-16-6-2-1-3-7-16/h1-11,13,15H,12,14H2,(H2,24,26)(H,27,28)/b25-13+. The zero-order valence-corrected chi connectivity index (χ0v) is 16.9. The van der Waals surface area contributed by atoms with Crippen molar-refractivity contribution in [2.45, 2.75) is 13.0 Å². The molecule has 0 bridgehead atoms. The molecule has 0 saturated carbocycles. The number of hydrogen-bond donors (Lipinski definition) is 2. The maximum absolute atomic E-state index is 12.1. The normalized spacial score (nSPS) is 11.1. The first-order valence-electron chi connectivity index (χ1n) is 9.39. The van der Waals surface area contributed by atoms with Crippen molar-refractivity contribution in [2.75, 3.05) is 5.73 Å². The minimum Gasteiger partial charge on any atom is -0.488 e. The predicted molar refractivity (Wildman–Crippen MR) is 121 cm³/mol. The lowest BCUT2D eigenvalue weighted by atomic mass is 10.0. The summed E-state index contributed by atoms with van der Waals surface area (Å²) in [5.41, 5.74) is 10.7. The molecule has 1 aromatic heterocycles. The molecule has 0 aliphatic carbocycles. The summed E-state index contributed by atoms with van der Waals surface area (Å²) in [7, 11) is 0. The fourth-order valence-corrected chi connectivity index (χ4v) is 3.61. The van der Waals surface area contributed by atoms with Gasteiger partial charge in [-0.3, -0.25) is 4.79 Å². The van der Waals surface area contributed by atoms with Crippen molar-refractivity contribution in [3.63, 3.8) is 0 Å². The summed E-state index contributed by atoms with van der Waals surface area (Å²) in [6, 6.07) is 21.9. The lowest BCUT2D eigenvalue weighted by Crippen LogP contribution is -2.20. The van der Waals surface area contributed by atoms with E-state index in [9.17, 15) is 4.79 Å². The van der Waals surface area contributed by atoms with Gasteiger partial charge in [0.05, 0.1) is 18.3 Å². The summed E-state index contributed by atoms with van der Waals surface area (Å²) >= 11 is 1.31. The van der Waals surface area contributed by atoms with Gasteiger partial charge in [-0.1, -0.05) is 60.7 Å². The van der Waals surface area contributed by atoms with Gasteiger partial charge >= 0.3 is 0 Å². The Morgan fingerprint density at radius 3 is 2.70 bits per heavy atom. The lowest BCUT2D eigenvalue weighted by molar-refractivity contribution is -0.120. The van der Waals surface area contributed by atoms with Crippen LogP contribution in [0, 0.1) is 0 Å². The van der Waals surface area contributed by atoms with Crippen LogP contribution in [0.15, 0.2) is 77.2 Å². The number of carbonyl (C=O) groups is 1. The van der Waals surface area contributed by atoms with E-state index in [0.29, 0.717) is 23.2 Å². The monoisotopic (exact) mass is 416 g/mol. The van der Waals surface area contributed by atoms with Crippen molar-refractivity contribution in [1.82, 2.24) is 10.4 Å². The van der Waals surface area contributed by atoms with Gasteiger partial charge in [0.1, 0.15) is 12.4 Å². The molecule has 0 atom stereocenters. The molecule has 3 N–H and O–H groups in total. The van der Waals surface area contributed by atoms with Crippen molar-refractivity contribution >= 4 is 39.4 Å². The molecule has 0 aliphatic rings. The van der Waals surface area contributed by atoms with Crippen LogP contribution >= 0.6 is 11.3 Å².